The van der Waals surface area contributed by atoms with Gasteiger partial charge in [-0.3, -0.25) is 9.59 Å². The maximum absolute atomic E-state index is 12.0. The predicted octanol–water partition coefficient (Wildman–Crippen LogP) is 2.71. The summed E-state index contributed by atoms with van der Waals surface area (Å²) in [6.45, 7) is 4.36. The summed E-state index contributed by atoms with van der Waals surface area (Å²) in [7, 11) is 0. The lowest BCUT2D eigenvalue weighted by Crippen LogP contribution is -2.45. The molecule has 5 heteroatoms. The van der Waals surface area contributed by atoms with E-state index in [9.17, 15) is 9.59 Å². The number of rotatable bonds is 7. The molecule has 0 fully saturated rings. The highest BCUT2D eigenvalue weighted by atomic mass is 16.3. The molecule has 2 N–H and O–H groups in total. The van der Waals surface area contributed by atoms with Crippen LogP contribution in [0.5, 0.6) is 0 Å². The van der Waals surface area contributed by atoms with E-state index in [1.165, 1.54) is 18.1 Å². The molecule has 0 aliphatic carbocycles. The number of hydrogen-bond acceptors (Lipinski definition) is 3. The molecule has 1 aromatic carbocycles. The van der Waals surface area contributed by atoms with Gasteiger partial charge in [-0.1, -0.05) is 37.3 Å². The Morgan fingerprint density at radius 3 is 2.52 bits per heavy atom. The molecule has 1 heterocycles. The zero-order valence-corrected chi connectivity index (χ0v) is 13.4. The topological polar surface area (TPSA) is 71.3 Å². The van der Waals surface area contributed by atoms with Crippen LogP contribution in [0, 0.1) is 0 Å². The number of amides is 2. The Bertz CT molecular complexity index is 623. The number of carbonyl (C=O) groups is 2. The fourth-order valence-corrected chi connectivity index (χ4v) is 2.25. The Balaban J connectivity index is 1.73. The van der Waals surface area contributed by atoms with Crippen LogP contribution in [0.4, 0.5) is 0 Å². The normalized spacial score (nSPS) is 13.1. The van der Waals surface area contributed by atoms with E-state index in [2.05, 4.69) is 29.7 Å². The largest absolute Gasteiger partial charge is 0.472 e. The first-order valence-electron chi connectivity index (χ1n) is 7.73. The fraction of sp³-hybridized carbons (Fsp3) is 0.333. The first kappa shape index (κ1) is 16.8. The molecule has 23 heavy (non-hydrogen) atoms. The molecule has 0 aliphatic rings. The average Bonchev–Trinajstić information content (AvgIpc) is 3.10. The van der Waals surface area contributed by atoms with Crippen molar-refractivity contribution < 1.29 is 14.0 Å². The van der Waals surface area contributed by atoms with Crippen molar-refractivity contribution in [3.05, 3.63) is 60.1 Å². The molecule has 2 aromatic rings. The molecule has 2 atom stereocenters. The van der Waals surface area contributed by atoms with Crippen LogP contribution in [0.25, 0.3) is 0 Å². The smallest absolute Gasteiger partial charge is 0.255 e. The number of nitrogens with one attached hydrogen (secondary N) is 2. The standard InChI is InChI=1S/C18H22N2O3/c1-13(15-6-4-3-5-7-15)8-10-19-17(21)14(2)20-18(22)16-9-11-23-12-16/h3-7,9,11-14H,8,10H2,1-2H3,(H,19,21)(H,20,22)/t13-,14-/m1/s1. The quantitative estimate of drug-likeness (QED) is 0.825. The Morgan fingerprint density at radius 2 is 1.87 bits per heavy atom. The van der Waals surface area contributed by atoms with Gasteiger partial charge in [0.15, 0.2) is 0 Å². The molecular formula is C18H22N2O3. The van der Waals surface area contributed by atoms with E-state index in [1.807, 2.05) is 18.2 Å². The highest BCUT2D eigenvalue weighted by Crippen LogP contribution is 2.17. The Labute approximate surface area is 136 Å². The van der Waals surface area contributed by atoms with Crippen LogP contribution in [0.1, 0.15) is 42.1 Å². The number of hydrogen-bond donors (Lipinski definition) is 2. The maximum Gasteiger partial charge on any atom is 0.255 e. The molecular weight excluding hydrogens is 292 g/mol. The second-order valence-electron chi connectivity index (χ2n) is 5.60. The zero-order chi connectivity index (χ0) is 16.7. The van der Waals surface area contributed by atoms with Gasteiger partial charge in [-0.05, 0) is 30.9 Å². The van der Waals surface area contributed by atoms with Crippen molar-refractivity contribution in [2.75, 3.05) is 6.54 Å². The lowest BCUT2D eigenvalue weighted by atomic mass is 9.98. The van der Waals surface area contributed by atoms with Gasteiger partial charge in [0.05, 0.1) is 11.8 Å². The van der Waals surface area contributed by atoms with Crippen LogP contribution in [-0.4, -0.2) is 24.4 Å². The highest BCUT2D eigenvalue weighted by molar-refractivity contribution is 5.97. The van der Waals surface area contributed by atoms with E-state index in [0.29, 0.717) is 18.0 Å². The molecule has 0 saturated heterocycles. The van der Waals surface area contributed by atoms with Crippen molar-refractivity contribution >= 4 is 11.8 Å². The molecule has 122 valence electrons. The minimum Gasteiger partial charge on any atom is -0.472 e. The highest BCUT2D eigenvalue weighted by Gasteiger charge is 2.17. The summed E-state index contributed by atoms with van der Waals surface area (Å²) in [5, 5.41) is 5.50. The van der Waals surface area contributed by atoms with Gasteiger partial charge in [0.1, 0.15) is 12.3 Å². The summed E-state index contributed by atoms with van der Waals surface area (Å²) in [4.78, 5) is 23.9. The Kier molecular flexibility index (Phi) is 5.97. The predicted molar refractivity (Wildman–Crippen MR) is 88.1 cm³/mol. The lowest BCUT2D eigenvalue weighted by Gasteiger charge is -2.16. The van der Waals surface area contributed by atoms with E-state index >= 15 is 0 Å². The molecule has 0 spiro atoms. The monoisotopic (exact) mass is 314 g/mol. The van der Waals surface area contributed by atoms with E-state index in [-0.39, 0.29) is 11.8 Å². The summed E-state index contributed by atoms with van der Waals surface area (Å²) in [6, 6.07) is 11.1. The molecule has 0 radical (unpaired) electrons. The Morgan fingerprint density at radius 1 is 1.13 bits per heavy atom. The number of carbonyl (C=O) groups excluding carboxylic acids is 2. The van der Waals surface area contributed by atoms with Crippen molar-refractivity contribution in [1.82, 2.24) is 10.6 Å². The third-order valence-electron chi connectivity index (χ3n) is 3.77. The van der Waals surface area contributed by atoms with Crippen LogP contribution in [0.2, 0.25) is 0 Å². The van der Waals surface area contributed by atoms with Gasteiger partial charge in [0, 0.05) is 6.54 Å². The fourth-order valence-electron chi connectivity index (χ4n) is 2.25. The van der Waals surface area contributed by atoms with Crippen LogP contribution < -0.4 is 10.6 Å². The van der Waals surface area contributed by atoms with Crippen LogP contribution in [-0.2, 0) is 4.79 Å². The second-order valence-corrected chi connectivity index (χ2v) is 5.60. The minimum atomic E-state index is -0.593. The van der Waals surface area contributed by atoms with Crippen molar-refractivity contribution in [3.63, 3.8) is 0 Å². The molecule has 0 saturated carbocycles. The van der Waals surface area contributed by atoms with E-state index < -0.39 is 6.04 Å². The summed E-state index contributed by atoms with van der Waals surface area (Å²) >= 11 is 0. The lowest BCUT2D eigenvalue weighted by molar-refractivity contribution is -0.122. The SMILES string of the molecule is C[C@H](CCNC(=O)[C@@H](C)NC(=O)c1ccoc1)c1ccccc1. The average molecular weight is 314 g/mol. The number of benzene rings is 1. The van der Waals surface area contributed by atoms with Crippen molar-refractivity contribution in [1.29, 1.82) is 0 Å². The number of furan rings is 1. The molecule has 2 amide bonds. The van der Waals surface area contributed by atoms with Crippen LogP contribution >= 0.6 is 0 Å². The maximum atomic E-state index is 12.0. The van der Waals surface area contributed by atoms with Gasteiger partial charge >= 0.3 is 0 Å². The van der Waals surface area contributed by atoms with Crippen LogP contribution in [0.15, 0.2) is 53.3 Å². The summed E-state index contributed by atoms with van der Waals surface area (Å²) in [5.41, 5.74) is 1.66. The van der Waals surface area contributed by atoms with Crippen LogP contribution in [0.3, 0.4) is 0 Å². The molecule has 0 aliphatic heterocycles. The van der Waals surface area contributed by atoms with Crippen molar-refractivity contribution in [3.8, 4) is 0 Å². The zero-order valence-electron chi connectivity index (χ0n) is 13.4. The Hall–Kier alpha value is -2.56. The summed E-state index contributed by atoms with van der Waals surface area (Å²) < 4.78 is 4.85. The van der Waals surface area contributed by atoms with Crippen molar-refractivity contribution in [2.24, 2.45) is 0 Å². The van der Waals surface area contributed by atoms with Gasteiger partial charge in [-0.15, -0.1) is 0 Å². The van der Waals surface area contributed by atoms with E-state index in [4.69, 9.17) is 4.42 Å². The second kappa shape index (κ2) is 8.17. The summed E-state index contributed by atoms with van der Waals surface area (Å²) in [6.07, 6.45) is 3.62. The molecule has 2 rings (SSSR count). The summed E-state index contributed by atoms with van der Waals surface area (Å²) in [5.74, 6) is -0.145. The third-order valence-corrected chi connectivity index (χ3v) is 3.77. The molecule has 0 unspecified atom stereocenters. The molecule has 5 nitrogen and oxygen atoms in total. The van der Waals surface area contributed by atoms with E-state index in [0.717, 1.165) is 6.42 Å². The van der Waals surface area contributed by atoms with Crippen molar-refractivity contribution in [2.45, 2.75) is 32.2 Å². The van der Waals surface area contributed by atoms with Gasteiger partial charge in [0.2, 0.25) is 5.91 Å². The van der Waals surface area contributed by atoms with Gasteiger partial charge in [0.25, 0.3) is 5.91 Å². The minimum absolute atomic E-state index is 0.192. The van der Waals surface area contributed by atoms with E-state index in [1.54, 1.807) is 13.0 Å². The van der Waals surface area contributed by atoms with Gasteiger partial charge in [-0.2, -0.15) is 0 Å². The van der Waals surface area contributed by atoms with Gasteiger partial charge < -0.3 is 15.1 Å². The first-order valence-corrected chi connectivity index (χ1v) is 7.73. The van der Waals surface area contributed by atoms with Gasteiger partial charge in [-0.25, -0.2) is 0 Å². The molecule has 0 bridgehead atoms. The first-order chi connectivity index (χ1) is 11.1. The third kappa shape index (κ3) is 4.98. The molecule has 1 aromatic heterocycles.